The minimum atomic E-state index is 0.282. The standard InChI is InChI=1S/C15H11ClN2OS/c1-8-12(13-11(20-8)7-17-15(16)18-13)10-4-2-3-9-5-6-19-14(9)10/h2-4,7H,5-6H2,1H3. The van der Waals surface area contributed by atoms with Gasteiger partial charge in [-0.25, -0.2) is 9.97 Å². The van der Waals surface area contributed by atoms with Gasteiger partial charge in [0.15, 0.2) is 0 Å². The van der Waals surface area contributed by atoms with Crippen LogP contribution in [-0.4, -0.2) is 16.6 Å². The van der Waals surface area contributed by atoms with Crippen LogP contribution in [0, 0.1) is 6.92 Å². The Labute approximate surface area is 125 Å². The maximum atomic E-state index is 5.96. The third-order valence-corrected chi connectivity index (χ3v) is 4.77. The van der Waals surface area contributed by atoms with E-state index < -0.39 is 0 Å². The van der Waals surface area contributed by atoms with Crippen molar-refractivity contribution in [1.29, 1.82) is 0 Å². The molecule has 0 unspecified atom stereocenters. The maximum absolute atomic E-state index is 5.96. The molecule has 0 amide bonds. The van der Waals surface area contributed by atoms with Gasteiger partial charge in [-0.15, -0.1) is 11.3 Å². The van der Waals surface area contributed by atoms with Gasteiger partial charge >= 0.3 is 0 Å². The van der Waals surface area contributed by atoms with Crippen molar-refractivity contribution in [3.8, 4) is 16.9 Å². The van der Waals surface area contributed by atoms with E-state index in [1.807, 2.05) is 0 Å². The van der Waals surface area contributed by atoms with E-state index in [2.05, 4.69) is 35.1 Å². The predicted molar refractivity (Wildman–Crippen MR) is 81.8 cm³/mol. The van der Waals surface area contributed by atoms with Gasteiger partial charge in [-0.1, -0.05) is 18.2 Å². The largest absolute Gasteiger partial charge is 0.492 e. The van der Waals surface area contributed by atoms with Crippen LogP contribution in [0.15, 0.2) is 24.4 Å². The molecule has 20 heavy (non-hydrogen) atoms. The number of hydrogen-bond donors (Lipinski definition) is 0. The molecule has 3 heterocycles. The van der Waals surface area contributed by atoms with Gasteiger partial charge in [0, 0.05) is 28.6 Å². The van der Waals surface area contributed by atoms with E-state index in [0.717, 1.165) is 40.1 Å². The predicted octanol–water partition coefficient (Wildman–Crippen LogP) is 4.26. The molecule has 0 saturated carbocycles. The third kappa shape index (κ3) is 1.72. The molecular weight excluding hydrogens is 292 g/mol. The first-order chi connectivity index (χ1) is 9.74. The summed E-state index contributed by atoms with van der Waals surface area (Å²) in [5.41, 5.74) is 4.41. The highest BCUT2D eigenvalue weighted by Gasteiger charge is 2.21. The number of nitrogens with zero attached hydrogens (tertiary/aromatic N) is 2. The highest BCUT2D eigenvalue weighted by atomic mass is 35.5. The molecule has 5 heteroatoms. The highest BCUT2D eigenvalue weighted by Crippen LogP contribution is 2.43. The van der Waals surface area contributed by atoms with Crippen LogP contribution in [0.1, 0.15) is 10.4 Å². The van der Waals surface area contributed by atoms with Crippen LogP contribution < -0.4 is 4.74 Å². The number of benzene rings is 1. The van der Waals surface area contributed by atoms with Gasteiger partial charge in [0.05, 0.1) is 16.8 Å². The molecule has 3 aromatic rings. The number of para-hydroxylation sites is 1. The third-order valence-electron chi connectivity index (χ3n) is 3.56. The number of aromatic nitrogens is 2. The number of halogens is 1. The Hall–Kier alpha value is -1.65. The first kappa shape index (κ1) is 12.1. The fourth-order valence-electron chi connectivity index (χ4n) is 2.72. The van der Waals surface area contributed by atoms with Gasteiger partial charge in [0.2, 0.25) is 5.28 Å². The van der Waals surface area contributed by atoms with Crippen molar-refractivity contribution < 1.29 is 4.74 Å². The van der Waals surface area contributed by atoms with Gasteiger partial charge < -0.3 is 4.74 Å². The van der Waals surface area contributed by atoms with Gasteiger partial charge in [-0.2, -0.15) is 0 Å². The Kier molecular flexibility index (Phi) is 2.69. The lowest BCUT2D eigenvalue weighted by Gasteiger charge is -2.08. The molecule has 3 nitrogen and oxygen atoms in total. The lowest BCUT2D eigenvalue weighted by molar-refractivity contribution is 0.358. The summed E-state index contributed by atoms with van der Waals surface area (Å²) in [5.74, 6) is 0.991. The molecule has 0 atom stereocenters. The van der Waals surface area contributed by atoms with Crippen molar-refractivity contribution in [2.45, 2.75) is 13.3 Å². The molecule has 0 bridgehead atoms. The Morgan fingerprint density at radius 3 is 3.15 bits per heavy atom. The van der Waals surface area contributed by atoms with E-state index >= 15 is 0 Å². The number of thiophene rings is 1. The van der Waals surface area contributed by atoms with E-state index in [4.69, 9.17) is 16.3 Å². The number of hydrogen-bond acceptors (Lipinski definition) is 4. The molecule has 0 radical (unpaired) electrons. The Morgan fingerprint density at radius 2 is 2.25 bits per heavy atom. The lowest BCUT2D eigenvalue weighted by Crippen LogP contribution is -1.90. The SMILES string of the molecule is Cc1sc2cnc(Cl)nc2c1-c1cccc2c1OCC2. The summed E-state index contributed by atoms with van der Waals surface area (Å²) >= 11 is 7.64. The van der Waals surface area contributed by atoms with Crippen LogP contribution in [-0.2, 0) is 6.42 Å². The van der Waals surface area contributed by atoms with Gasteiger partial charge in [0.25, 0.3) is 0 Å². The Bertz CT molecular complexity index is 828. The van der Waals surface area contributed by atoms with Crippen molar-refractivity contribution >= 4 is 33.2 Å². The van der Waals surface area contributed by atoms with Crippen molar-refractivity contribution in [2.24, 2.45) is 0 Å². The molecule has 1 aliphatic heterocycles. The highest BCUT2D eigenvalue weighted by molar-refractivity contribution is 7.19. The van der Waals surface area contributed by atoms with Crippen molar-refractivity contribution in [2.75, 3.05) is 6.61 Å². The lowest BCUT2D eigenvalue weighted by atomic mass is 10.0. The average Bonchev–Trinajstić information content (AvgIpc) is 3.02. The summed E-state index contributed by atoms with van der Waals surface area (Å²) in [6.45, 7) is 2.85. The number of fused-ring (bicyclic) bond motifs is 2. The normalized spacial score (nSPS) is 13.5. The van der Waals surface area contributed by atoms with E-state index in [0.29, 0.717) is 0 Å². The van der Waals surface area contributed by atoms with Crippen LogP contribution in [0.25, 0.3) is 21.3 Å². The summed E-state index contributed by atoms with van der Waals surface area (Å²) in [5, 5.41) is 0.282. The molecule has 0 fully saturated rings. The van der Waals surface area contributed by atoms with Gasteiger partial charge in [0.1, 0.15) is 5.75 Å². The van der Waals surface area contributed by atoms with Crippen molar-refractivity contribution in [3.63, 3.8) is 0 Å². The van der Waals surface area contributed by atoms with Crippen molar-refractivity contribution in [1.82, 2.24) is 9.97 Å². The van der Waals surface area contributed by atoms with E-state index in [1.54, 1.807) is 17.5 Å². The zero-order valence-corrected chi connectivity index (χ0v) is 12.4. The van der Waals surface area contributed by atoms with Crippen LogP contribution in [0.5, 0.6) is 5.75 Å². The van der Waals surface area contributed by atoms with Gasteiger partial charge in [-0.3, -0.25) is 0 Å². The Morgan fingerprint density at radius 1 is 1.35 bits per heavy atom. The summed E-state index contributed by atoms with van der Waals surface area (Å²) in [7, 11) is 0. The summed E-state index contributed by atoms with van der Waals surface area (Å²) in [6.07, 6.45) is 2.76. The average molecular weight is 303 g/mol. The fraction of sp³-hybridized carbons (Fsp3) is 0.200. The number of rotatable bonds is 1. The van der Waals surface area contributed by atoms with Crippen molar-refractivity contribution in [3.05, 3.63) is 40.1 Å². The zero-order chi connectivity index (χ0) is 13.7. The topological polar surface area (TPSA) is 35.0 Å². The monoisotopic (exact) mass is 302 g/mol. The van der Waals surface area contributed by atoms with Crippen LogP contribution >= 0.6 is 22.9 Å². The zero-order valence-electron chi connectivity index (χ0n) is 10.8. The molecule has 0 aliphatic carbocycles. The first-order valence-corrected chi connectivity index (χ1v) is 7.60. The molecule has 0 N–H and O–H groups in total. The second kappa shape index (κ2) is 4.43. The van der Waals surface area contributed by atoms with E-state index in [9.17, 15) is 0 Å². The molecule has 0 spiro atoms. The van der Waals surface area contributed by atoms with E-state index in [1.165, 1.54) is 10.4 Å². The Balaban J connectivity index is 2.06. The second-order valence-electron chi connectivity index (χ2n) is 4.78. The quantitative estimate of drug-likeness (QED) is 0.630. The maximum Gasteiger partial charge on any atom is 0.222 e. The molecule has 1 aliphatic rings. The minimum Gasteiger partial charge on any atom is -0.492 e. The minimum absolute atomic E-state index is 0.282. The number of ether oxygens (including phenoxy) is 1. The molecular formula is C15H11ClN2OS. The molecule has 2 aromatic heterocycles. The summed E-state index contributed by atoms with van der Waals surface area (Å²) in [6, 6.07) is 6.29. The van der Waals surface area contributed by atoms with Crippen LogP contribution in [0.4, 0.5) is 0 Å². The number of aryl methyl sites for hydroxylation is 1. The van der Waals surface area contributed by atoms with E-state index in [-0.39, 0.29) is 5.28 Å². The molecule has 1 aromatic carbocycles. The second-order valence-corrected chi connectivity index (χ2v) is 6.37. The van der Waals surface area contributed by atoms with Crippen LogP contribution in [0.2, 0.25) is 5.28 Å². The molecule has 4 rings (SSSR count). The summed E-state index contributed by atoms with van der Waals surface area (Å²) < 4.78 is 6.87. The first-order valence-electron chi connectivity index (χ1n) is 6.41. The smallest absolute Gasteiger partial charge is 0.222 e. The molecule has 100 valence electrons. The summed E-state index contributed by atoms with van der Waals surface area (Å²) in [4.78, 5) is 9.68. The molecule has 0 saturated heterocycles. The van der Waals surface area contributed by atoms with Gasteiger partial charge in [-0.05, 0) is 24.1 Å². The fourth-order valence-corrected chi connectivity index (χ4v) is 3.84. The van der Waals surface area contributed by atoms with Crippen LogP contribution in [0.3, 0.4) is 0 Å².